The quantitative estimate of drug-likeness (QED) is 0.347. The molecule has 0 aromatic heterocycles. The maximum absolute atomic E-state index is 14.5. The van der Waals surface area contributed by atoms with E-state index in [1.165, 1.54) is 6.07 Å². The fourth-order valence-electron chi connectivity index (χ4n) is 4.22. The molecular formula is C27H24F2INO4. The summed E-state index contributed by atoms with van der Waals surface area (Å²) >= 11 is 1.99. The van der Waals surface area contributed by atoms with Crippen LogP contribution in [0.2, 0.25) is 0 Å². The predicted molar refractivity (Wildman–Crippen MR) is 136 cm³/mol. The molecule has 0 saturated carbocycles. The van der Waals surface area contributed by atoms with E-state index in [4.69, 9.17) is 15.2 Å². The summed E-state index contributed by atoms with van der Waals surface area (Å²) in [5.41, 5.74) is 6.87. The second kappa shape index (κ2) is 11.3. The van der Waals surface area contributed by atoms with Crippen molar-refractivity contribution in [1.82, 2.24) is 0 Å². The Kier molecular flexibility index (Phi) is 8.12. The van der Waals surface area contributed by atoms with Crippen LogP contribution in [0.4, 0.5) is 8.78 Å². The third-order valence-corrected chi connectivity index (χ3v) is 6.64. The van der Waals surface area contributed by atoms with Crippen molar-refractivity contribution in [3.63, 3.8) is 0 Å². The van der Waals surface area contributed by atoms with Crippen LogP contribution in [0.1, 0.15) is 39.9 Å². The molecule has 1 fully saturated rings. The van der Waals surface area contributed by atoms with Gasteiger partial charge >= 0.3 is 0 Å². The molecule has 3 aromatic rings. The number of carbonyl (C=O) groups excluding carboxylic acids is 2. The van der Waals surface area contributed by atoms with Crippen LogP contribution < -0.4 is 10.5 Å². The molecule has 182 valence electrons. The van der Waals surface area contributed by atoms with E-state index in [0.717, 1.165) is 21.3 Å². The van der Waals surface area contributed by atoms with E-state index in [0.29, 0.717) is 37.4 Å². The van der Waals surface area contributed by atoms with E-state index < -0.39 is 17.5 Å². The summed E-state index contributed by atoms with van der Waals surface area (Å²) in [6, 6.07) is 13.8. The van der Waals surface area contributed by atoms with Crippen LogP contribution in [-0.4, -0.2) is 24.9 Å². The minimum atomic E-state index is -0.813. The van der Waals surface area contributed by atoms with E-state index in [2.05, 4.69) is 0 Å². The van der Waals surface area contributed by atoms with Gasteiger partial charge in [-0.1, -0.05) is 18.2 Å². The third-order valence-electron chi connectivity index (χ3n) is 5.97. The van der Waals surface area contributed by atoms with E-state index in [-0.39, 0.29) is 41.4 Å². The molecule has 0 unspecified atom stereocenters. The monoisotopic (exact) mass is 591 g/mol. The Labute approximate surface area is 215 Å². The summed E-state index contributed by atoms with van der Waals surface area (Å²) in [5.74, 6) is -1.53. The number of ether oxygens (including phenoxy) is 2. The van der Waals surface area contributed by atoms with Crippen LogP contribution in [-0.2, 0) is 22.4 Å². The Bertz CT molecular complexity index is 1260. The summed E-state index contributed by atoms with van der Waals surface area (Å²) in [6.07, 6.45) is 1.63. The van der Waals surface area contributed by atoms with Gasteiger partial charge in [0.15, 0.2) is 0 Å². The van der Waals surface area contributed by atoms with Crippen molar-refractivity contribution in [2.45, 2.75) is 25.7 Å². The molecule has 0 radical (unpaired) electrons. The molecule has 1 amide bonds. The third kappa shape index (κ3) is 6.43. The fraction of sp³-hybridized carbons (Fsp3) is 0.259. The van der Waals surface area contributed by atoms with Crippen molar-refractivity contribution in [3.8, 4) is 11.5 Å². The first kappa shape index (κ1) is 25.2. The van der Waals surface area contributed by atoms with Crippen molar-refractivity contribution < 1.29 is 27.8 Å². The lowest BCUT2D eigenvalue weighted by Gasteiger charge is -2.20. The SMILES string of the molecule is NC(=O)c1c(Cc2ccc(I)cc2F)cc(F)cc1Oc1cccc(CC(=O)C2CCOCC2)c1. The molecule has 5 nitrogen and oxygen atoms in total. The van der Waals surface area contributed by atoms with Crippen LogP contribution in [0.3, 0.4) is 0 Å². The summed E-state index contributed by atoms with van der Waals surface area (Å²) in [6.45, 7) is 1.17. The molecule has 4 rings (SSSR count). The van der Waals surface area contributed by atoms with E-state index >= 15 is 0 Å². The molecule has 0 aliphatic carbocycles. The highest BCUT2D eigenvalue weighted by Crippen LogP contribution is 2.31. The van der Waals surface area contributed by atoms with Gasteiger partial charge in [0.1, 0.15) is 28.9 Å². The lowest BCUT2D eigenvalue weighted by atomic mass is 9.91. The summed E-state index contributed by atoms with van der Waals surface area (Å²) in [7, 11) is 0. The Balaban J connectivity index is 1.59. The number of rotatable bonds is 8. The molecule has 1 saturated heterocycles. The van der Waals surface area contributed by atoms with Gasteiger partial charge in [-0.25, -0.2) is 8.78 Å². The minimum absolute atomic E-state index is 0.0203. The maximum Gasteiger partial charge on any atom is 0.252 e. The number of ketones is 1. The Hall–Kier alpha value is -2.85. The largest absolute Gasteiger partial charge is 0.456 e. The second-order valence-corrected chi connectivity index (χ2v) is 9.74. The molecule has 1 heterocycles. The molecule has 0 atom stereocenters. The topological polar surface area (TPSA) is 78.6 Å². The van der Waals surface area contributed by atoms with Gasteiger partial charge in [0.2, 0.25) is 0 Å². The zero-order valence-electron chi connectivity index (χ0n) is 18.9. The number of halogens is 3. The van der Waals surface area contributed by atoms with Gasteiger partial charge in [-0.05, 0) is 82.5 Å². The van der Waals surface area contributed by atoms with Crippen molar-refractivity contribution in [1.29, 1.82) is 0 Å². The van der Waals surface area contributed by atoms with E-state index in [9.17, 15) is 18.4 Å². The lowest BCUT2D eigenvalue weighted by Crippen LogP contribution is -2.24. The summed E-state index contributed by atoms with van der Waals surface area (Å²) in [5, 5.41) is 0. The van der Waals surface area contributed by atoms with Crippen LogP contribution >= 0.6 is 22.6 Å². The van der Waals surface area contributed by atoms with Crippen molar-refractivity contribution in [3.05, 3.63) is 92.1 Å². The highest BCUT2D eigenvalue weighted by molar-refractivity contribution is 14.1. The van der Waals surface area contributed by atoms with Crippen molar-refractivity contribution in [2.75, 3.05) is 13.2 Å². The van der Waals surface area contributed by atoms with Gasteiger partial charge in [0.05, 0.1) is 5.56 Å². The fourth-order valence-corrected chi connectivity index (χ4v) is 4.67. The maximum atomic E-state index is 14.5. The average molecular weight is 591 g/mol. The molecule has 8 heteroatoms. The Morgan fingerprint density at radius 1 is 1.03 bits per heavy atom. The Morgan fingerprint density at radius 2 is 1.80 bits per heavy atom. The second-order valence-electron chi connectivity index (χ2n) is 8.49. The minimum Gasteiger partial charge on any atom is -0.456 e. The van der Waals surface area contributed by atoms with Crippen LogP contribution in [0, 0.1) is 21.1 Å². The molecule has 35 heavy (non-hydrogen) atoms. The van der Waals surface area contributed by atoms with Crippen molar-refractivity contribution in [2.24, 2.45) is 11.7 Å². The molecule has 0 bridgehead atoms. The lowest BCUT2D eigenvalue weighted by molar-refractivity contribution is -0.125. The van der Waals surface area contributed by atoms with Gasteiger partial charge in [0.25, 0.3) is 5.91 Å². The molecular weight excluding hydrogens is 567 g/mol. The zero-order valence-corrected chi connectivity index (χ0v) is 21.0. The Morgan fingerprint density at radius 3 is 2.51 bits per heavy atom. The molecule has 0 spiro atoms. The van der Waals surface area contributed by atoms with Gasteiger partial charge in [0, 0.05) is 41.6 Å². The van der Waals surface area contributed by atoms with Crippen LogP contribution in [0.15, 0.2) is 54.6 Å². The number of Topliss-reactive ketones (excluding diaryl/α,β-unsaturated/α-hetero) is 1. The molecule has 3 aromatic carbocycles. The number of primary amides is 1. The number of carbonyl (C=O) groups is 2. The number of hydrogen-bond donors (Lipinski definition) is 1. The first-order valence-corrected chi connectivity index (χ1v) is 12.3. The first-order valence-electron chi connectivity index (χ1n) is 11.2. The highest BCUT2D eigenvalue weighted by Gasteiger charge is 2.22. The smallest absolute Gasteiger partial charge is 0.252 e. The van der Waals surface area contributed by atoms with Gasteiger partial charge in [-0.2, -0.15) is 0 Å². The average Bonchev–Trinajstić information content (AvgIpc) is 2.81. The molecule has 1 aliphatic heterocycles. The van der Waals surface area contributed by atoms with Crippen LogP contribution in [0.25, 0.3) is 0 Å². The first-order chi connectivity index (χ1) is 16.8. The number of amides is 1. The standard InChI is InChI=1S/C27H24F2INO4/c28-20-13-19(12-18-4-5-21(30)15-23(18)29)26(27(31)33)25(14-20)35-22-3-1-2-16(10-22)11-24(32)17-6-8-34-9-7-17/h1-5,10,13-15,17H,6-9,11-12H2,(H2,31,33). The van der Waals surface area contributed by atoms with Crippen LogP contribution in [0.5, 0.6) is 11.5 Å². The van der Waals surface area contributed by atoms with E-state index in [1.54, 1.807) is 30.3 Å². The molecule has 2 N–H and O–H groups in total. The predicted octanol–water partition coefficient (Wildman–Crippen LogP) is 5.59. The summed E-state index contributed by atoms with van der Waals surface area (Å²) < 4.78 is 40.9. The van der Waals surface area contributed by atoms with Crippen molar-refractivity contribution >= 4 is 34.3 Å². The van der Waals surface area contributed by atoms with Gasteiger partial charge in [-0.15, -0.1) is 0 Å². The highest BCUT2D eigenvalue weighted by atomic mass is 127. The normalized spacial score (nSPS) is 14.0. The number of nitrogens with two attached hydrogens (primary N) is 1. The van der Waals surface area contributed by atoms with Gasteiger partial charge < -0.3 is 15.2 Å². The van der Waals surface area contributed by atoms with E-state index in [1.807, 2.05) is 28.7 Å². The zero-order chi connectivity index (χ0) is 24.9. The summed E-state index contributed by atoms with van der Waals surface area (Å²) in [4.78, 5) is 25.0. The number of hydrogen-bond acceptors (Lipinski definition) is 4. The molecule has 1 aliphatic rings. The number of benzene rings is 3. The van der Waals surface area contributed by atoms with Gasteiger partial charge in [-0.3, -0.25) is 9.59 Å².